The van der Waals surface area contributed by atoms with E-state index in [1.807, 2.05) is 6.92 Å². The molecule has 31 heavy (non-hydrogen) atoms. The van der Waals surface area contributed by atoms with Crippen molar-refractivity contribution in [2.75, 3.05) is 12.0 Å². The Balaban J connectivity index is 1.89. The van der Waals surface area contributed by atoms with Gasteiger partial charge in [0.2, 0.25) is 15.9 Å². The second kappa shape index (κ2) is 7.77. The summed E-state index contributed by atoms with van der Waals surface area (Å²) in [6.45, 7) is 5.14. The van der Waals surface area contributed by atoms with Crippen LogP contribution in [0.15, 0.2) is 44.4 Å². The molecule has 11 heteroatoms. The maximum Gasteiger partial charge on any atom is 0.434 e. The number of nitrogens with zero attached hydrogens (tertiary/aromatic N) is 2. The standard InChI is InChI=1S/C20H20ClFN4O4S/c1-10-4-6-14(22)17(11(10)2)12(3)18(19-24-25-20(27)30-19)26-9-23-15-8-13(21)5-7-16(15)31(26,28)29/h4-8,12,18,23H,9H2,1-3H3,(H,25,27)/t12?,18-/m0/s1. The number of H-pyrrole nitrogens is 1. The first-order valence-corrected chi connectivity index (χ1v) is 11.3. The van der Waals surface area contributed by atoms with E-state index in [-0.39, 0.29) is 17.5 Å². The summed E-state index contributed by atoms with van der Waals surface area (Å²) in [6, 6.07) is 6.29. The molecule has 8 nitrogen and oxygen atoms in total. The monoisotopic (exact) mass is 466 g/mol. The molecule has 4 rings (SSSR count). The number of sulfonamides is 1. The Bertz CT molecular complexity index is 1320. The Kier molecular flexibility index (Phi) is 5.40. The molecule has 0 amide bonds. The van der Waals surface area contributed by atoms with E-state index >= 15 is 0 Å². The van der Waals surface area contributed by atoms with E-state index in [1.54, 1.807) is 19.9 Å². The smallest absolute Gasteiger partial charge is 0.391 e. The van der Waals surface area contributed by atoms with Gasteiger partial charge in [0.15, 0.2) is 0 Å². The molecule has 1 aliphatic heterocycles. The van der Waals surface area contributed by atoms with Gasteiger partial charge in [-0.25, -0.2) is 22.7 Å². The predicted octanol–water partition coefficient (Wildman–Crippen LogP) is 3.69. The van der Waals surface area contributed by atoms with Crippen molar-refractivity contribution in [1.82, 2.24) is 14.5 Å². The van der Waals surface area contributed by atoms with E-state index in [0.717, 1.165) is 9.87 Å². The minimum Gasteiger partial charge on any atom is -0.391 e. The maximum atomic E-state index is 14.9. The van der Waals surface area contributed by atoms with Gasteiger partial charge in [0.05, 0.1) is 12.4 Å². The molecule has 0 fully saturated rings. The number of benzene rings is 2. The number of aromatic amines is 1. The van der Waals surface area contributed by atoms with Crippen molar-refractivity contribution in [2.45, 2.75) is 37.6 Å². The molecule has 0 spiro atoms. The predicted molar refractivity (Wildman–Crippen MR) is 113 cm³/mol. The summed E-state index contributed by atoms with van der Waals surface area (Å²) in [4.78, 5) is 11.7. The lowest BCUT2D eigenvalue weighted by atomic mass is 9.87. The molecule has 0 saturated heterocycles. The van der Waals surface area contributed by atoms with E-state index in [1.165, 1.54) is 24.3 Å². The van der Waals surface area contributed by atoms with Crippen LogP contribution in [0.5, 0.6) is 0 Å². The van der Waals surface area contributed by atoms with Crippen LogP contribution in [0.2, 0.25) is 5.02 Å². The van der Waals surface area contributed by atoms with Crippen LogP contribution in [0.1, 0.15) is 41.5 Å². The number of aryl methyl sites for hydroxylation is 1. The van der Waals surface area contributed by atoms with Gasteiger partial charge in [-0.3, -0.25) is 0 Å². The van der Waals surface area contributed by atoms with Crippen molar-refractivity contribution >= 4 is 27.3 Å². The third-order valence-corrected chi connectivity index (χ3v) is 7.75. The number of hydrogen-bond acceptors (Lipinski definition) is 6. The maximum absolute atomic E-state index is 14.9. The highest BCUT2D eigenvalue weighted by Crippen LogP contribution is 2.43. The molecular weight excluding hydrogens is 447 g/mol. The number of rotatable bonds is 4. The molecule has 0 aliphatic carbocycles. The Labute approximate surface area is 183 Å². The molecule has 2 heterocycles. The number of fused-ring (bicyclic) bond motifs is 1. The first-order chi connectivity index (χ1) is 14.6. The molecule has 1 unspecified atom stereocenters. The van der Waals surface area contributed by atoms with Crippen molar-refractivity contribution in [3.8, 4) is 0 Å². The van der Waals surface area contributed by atoms with Gasteiger partial charge in [0.1, 0.15) is 16.8 Å². The van der Waals surface area contributed by atoms with E-state index in [4.69, 9.17) is 16.0 Å². The third kappa shape index (κ3) is 3.64. The molecular formula is C20H20ClFN4O4S. The van der Waals surface area contributed by atoms with Crippen LogP contribution in [-0.4, -0.2) is 29.6 Å². The zero-order valence-corrected chi connectivity index (χ0v) is 18.5. The quantitative estimate of drug-likeness (QED) is 0.607. The highest BCUT2D eigenvalue weighted by molar-refractivity contribution is 7.89. The molecule has 1 aliphatic rings. The highest BCUT2D eigenvalue weighted by atomic mass is 35.5. The lowest BCUT2D eigenvalue weighted by Gasteiger charge is -2.37. The molecule has 2 aromatic carbocycles. The second-order valence-corrected chi connectivity index (χ2v) is 9.75. The van der Waals surface area contributed by atoms with E-state index in [0.29, 0.717) is 21.8 Å². The summed E-state index contributed by atoms with van der Waals surface area (Å²) in [5.41, 5.74) is 2.22. The zero-order chi connectivity index (χ0) is 22.5. The Morgan fingerprint density at radius 2 is 2.00 bits per heavy atom. The van der Waals surface area contributed by atoms with Crippen LogP contribution in [0, 0.1) is 19.7 Å². The van der Waals surface area contributed by atoms with E-state index in [9.17, 15) is 17.6 Å². The van der Waals surface area contributed by atoms with Crippen LogP contribution >= 0.6 is 11.6 Å². The molecule has 2 N–H and O–H groups in total. The second-order valence-electron chi connectivity index (χ2n) is 7.46. The Morgan fingerprint density at radius 3 is 2.68 bits per heavy atom. The summed E-state index contributed by atoms with van der Waals surface area (Å²) >= 11 is 5.99. The van der Waals surface area contributed by atoms with Gasteiger partial charge >= 0.3 is 5.76 Å². The van der Waals surface area contributed by atoms with Crippen molar-refractivity contribution < 1.29 is 17.2 Å². The minimum atomic E-state index is -4.05. The molecule has 2 atom stereocenters. The first-order valence-electron chi connectivity index (χ1n) is 9.47. The van der Waals surface area contributed by atoms with Crippen LogP contribution in [-0.2, 0) is 10.0 Å². The number of aromatic nitrogens is 2. The lowest BCUT2D eigenvalue weighted by molar-refractivity contribution is 0.246. The van der Waals surface area contributed by atoms with Crippen molar-refractivity contribution in [3.05, 3.63) is 74.3 Å². The average molecular weight is 467 g/mol. The van der Waals surface area contributed by atoms with Gasteiger partial charge in [-0.05, 0) is 54.8 Å². The fourth-order valence-electron chi connectivity index (χ4n) is 3.96. The first kappa shape index (κ1) is 21.5. The summed E-state index contributed by atoms with van der Waals surface area (Å²) in [6.07, 6.45) is 0. The minimum absolute atomic E-state index is 0.0136. The average Bonchev–Trinajstić information content (AvgIpc) is 3.12. The molecule has 0 radical (unpaired) electrons. The Morgan fingerprint density at radius 1 is 1.26 bits per heavy atom. The fraction of sp³-hybridized carbons (Fsp3) is 0.300. The molecule has 1 aromatic heterocycles. The molecule has 3 aromatic rings. The van der Waals surface area contributed by atoms with Crippen LogP contribution < -0.4 is 11.1 Å². The summed E-state index contributed by atoms with van der Waals surface area (Å²) in [5, 5.41) is 9.45. The fourth-order valence-corrected chi connectivity index (χ4v) is 5.84. The van der Waals surface area contributed by atoms with Gasteiger partial charge in [-0.2, -0.15) is 4.31 Å². The molecule has 0 saturated carbocycles. The highest BCUT2D eigenvalue weighted by Gasteiger charge is 2.43. The van der Waals surface area contributed by atoms with Crippen molar-refractivity contribution in [2.24, 2.45) is 0 Å². The summed E-state index contributed by atoms with van der Waals surface area (Å²) < 4.78 is 48.2. The van der Waals surface area contributed by atoms with Gasteiger partial charge in [0, 0.05) is 10.9 Å². The van der Waals surface area contributed by atoms with E-state index < -0.39 is 33.6 Å². The van der Waals surface area contributed by atoms with Crippen LogP contribution in [0.4, 0.5) is 10.1 Å². The largest absolute Gasteiger partial charge is 0.434 e. The number of halogens is 2. The normalized spacial score (nSPS) is 17.6. The van der Waals surface area contributed by atoms with Crippen LogP contribution in [0.25, 0.3) is 0 Å². The van der Waals surface area contributed by atoms with Crippen molar-refractivity contribution in [1.29, 1.82) is 0 Å². The van der Waals surface area contributed by atoms with Gasteiger partial charge in [-0.1, -0.05) is 24.6 Å². The SMILES string of the molecule is Cc1ccc(F)c(C(C)[C@@H](c2n[nH]c(=O)o2)N2CNc3cc(Cl)ccc3S2(=O)=O)c1C. The van der Waals surface area contributed by atoms with Crippen LogP contribution in [0.3, 0.4) is 0 Å². The zero-order valence-electron chi connectivity index (χ0n) is 16.9. The van der Waals surface area contributed by atoms with Gasteiger partial charge in [0.25, 0.3) is 0 Å². The van der Waals surface area contributed by atoms with Gasteiger partial charge in [-0.15, -0.1) is 5.10 Å². The summed E-state index contributed by atoms with van der Waals surface area (Å²) in [7, 11) is -4.05. The third-order valence-electron chi connectivity index (χ3n) is 5.63. The number of nitrogens with one attached hydrogen (secondary N) is 2. The van der Waals surface area contributed by atoms with Crippen molar-refractivity contribution in [3.63, 3.8) is 0 Å². The lowest BCUT2D eigenvalue weighted by Crippen LogP contribution is -2.44. The topological polar surface area (TPSA) is 108 Å². The number of hydrogen-bond donors (Lipinski definition) is 2. The number of anilines is 1. The van der Waals surface area contributed by atoms with E-state index in [2.05, 4.69) is 15.5 Å². The Hall–Kier alpha value is -2.69. The van der Waals surface area contributed by atoms with Gasteiger partial charge < -0.3 is 9.73 Å². The molecule has 164 valence electrons. The summed E-state index contributed by atoms with van der Waals surface area (Å²) in [5.74, 6) is -2.19. The molecule has 0 bridgehead atoms.